The molecule has 1 aromatic heterocycles. The first kappa shape index (κ1) is 18.6. The molecule has 2 heterocycles. The molecule has 1 aliphatic carbocycles. The van der Waals surface area contributed by atoms with Crippen LogP contribution in [0.5, 0.6) is 0 Å². The van der Waals surface area contributed by atoms with Gasteiger partial charge in [0.05, 0.1) is 11.4 Å². The lowest BCUT2D eigenvalue weighted by atomic mass is 9.96. The van der Waals surface area contributed by atoms with Crippen LogP contribution in [0.4, 0.5) is 0 Å². The maximum atomic E-state index is 12.4. The van der Waals surface area contributed by atoms with Gasteiger partial charge in [-0.1, -0.05) is 17.3 Å². The molecule has 0 atom stereocenters. The number of aryl methyl sites for hydroxylation is 1. The summed E-state index contributed by atoms with van der Waals surface area (Å²) in [6.07, 6.45) is 7.03. The summed E-state index contributed by atoms with van der Waals surface area (Å²) in [5.74, 6) is 1.24. The van der Waals surface area contributed by atoms with Gasteiger partial charge in [-0.25, -0.2) is 0 Å². The van der Waals surface area contributed by atoms with Gasteiger partial charge < -0.3 is 10.2 Å². The first-order valence-electron chi connectivity index (χ1n) is 9.10. The van der Waals surface area contributed by atoms with Crippen molar-refractivity contribution >= 4 is 35.1 Å². The highest BCUT2D eigenvalue weighted by Gasteiger charge is 2.26. The number of likely N-dealkylation sites (tertiary alicyclic amines) is 1. The number of piperidine rings is 1. The van der Waals surface area contributed by atoms with Crippen molar-refractivity contribution in [3.05, 3.63) is 10.6 Å². The molecule has 1 N–H and O–H groups in total. The Morgan fingerprint density at radius 3 is 2.60 bits per heavy atom. The summed E-state index contributed by atoms with van der Waals surface area (Å²) in [6.45, 7) is 4.04. The molecule has 2 amide bonds. The molecule has 2 aliphatic rings. The molecule has 0 bridgehead atoms. The highest BCUT2D eigenvalue weighted by Crippen LogP contribution is 2.29. The van der Waals surface area contributed by atoms with Gasteiger partial charge in [-0.2, -0.15) is 0 Å². The number of rotatable bonds is 6. The van der Waals surface area contributed by atoms with Crippen LogP contribution in [0.2, 0.25) is 0 Å². The molecule has 3 rings (SSSR count). The Hall–Kier alpha value is -1.15. The molecule has 0 radical (unpaired) electrons. The quantitative estimate of drug-likeness (QED) is 0.818. The van der Waals surface area contributed by atoms with Gasteiger partial charge in [-0.3, -0.25) is 9.59 Å². The molecule has 0 spiro atoms. The van der Waals surface area contributed by atoms with E-state index in [1.165, 1.54) is 37.2 Å². The molecule has 6 nitrogen and oxygen atoms in total. The third-order valence-electron chi connectivity index (χ3n) is 5.09. The third kappa shape index (κ3) is 5.17. The summed E-state index contributed by atoms with van der Waals surface area (Å²) >= 11 is 2.98. The lowest BCUT2D eigenvalue weighted by molar-refractivity contribution is -0.118. The molecule has 138 valence electrons. The number of nitrogens with zero attached hydrogens (tertiary/aromatic N) is 3. The van der Waals surface area contributed by atoms with Crippen molar-refractivity contribution in [2.24, 2.45) is 5.92 Å². The first-order valence-corrected chi connectivity index (χ1v) is 10.9. The maximum absolute atomic E-state index is 12.4. The fraction of sp³-hybridized carbons (Fsp3) is 0.765. The van der Waals surface area contributed by atoms with E-state index in [-0.39, 0.29) is 11.8 Å². The van der Waals surface area contributed by atoms with Crippen LogP contribution >= 0.6 is 23.3 Å². The highest BCUT2D eigenvalue weighted by atomic mass is 32.2. The van der Waals surface area contributed by atoms with E-state index >= 15 is 0 Å². The van der Waals surface area contributed by atoms with Crippen LogP contribution in [-0.2, 0) is 4.79 Å². The van der Waals surface area contributed by atoms with E-state index in [0.29, 0.717) is 27.5 Å². The zero-order valence-corrected chi connectivity index (χ0v) is 16.3. The van der Waals surface area contributed by atoms with Crippen molar-refractivity contribution in [2.75, 3.05) is 25.4 Å². The lowest BCUT2D eigenvalue weighted by Gasteiger charge is -2.31. The minimum absolute atomic E-state index is 0.0444. The zero-order valence-electron chi connectivity index (χ0n) is 14.7. The van der Waals surface area contributed by atoms with E-state index in [1.807, 2.05) is 23.6 Å². The van der Waals surface area contributed by atoms with E-state index in [0.717, 1.165) is 32.5 Å². The number of carbonyl (C=O) groups is 2. The molecule has 8 heteroatoms. The standard InChI is InChI=1S/C17H26N4O2S2/c1-12-16(25-20-19-12)17(23)21-8-6-13(7-9-21)10-18-15(22)11-24-14-4-2-3-5-14/h13-14H,2-11H2,1H3,(H,18,22). The summed E-state index contributed by atoms with van der Waals surface area (Å²) in [5.41, 5.74) is 0.712. The van der Waals surface area contributed by atoms with Crippen LogP contribution in [0.25, 0.3) is 0 Å². The summed E-state index contributed by atoms with van der Waals surface area (Å²) in [4.78, 5) is 27.0. The average molecular weight is 383 g/mol. The van der Waals surface area contributed by atoms with E-state index in [9.17, 15) is 9.59 Å². The Morgan fingerprint density at radius 2 is 1.96 bits per heavy atom. The number of amides is 2. The molecular weight excluding hydrogens is 356 g/mol. The predicted molar refractivity (Wildman–Crippen MR) is 101 cm³/mol. The van der Waals surface area contributed by atoms with E-state index in [4.69, 9.17) is 0 Å². The smallest absolute Gasteiger partial charge is 0.267 e. The minimum atomic E-state index is 0.0444. The molecule has 0 aromatic carbocycles. The van der Waals surface area contributed by atoms with Gasteiger partial charge in [0.1, 0.15) is 4.88 Å². The van der Waals surface area contributed by atoms with Crippen LogP contribution in [0.15, 0.2) is 0 Å². The van der Waals surface area contributed by atoms with Gasteiger partial charge in [0.25, 0.3) is 5.91 Å². The Balaban J connectivity index is 1.34. The second kappa shape index (κ2) is 8.98. The van der Waals surface area contributed by atoms with Gasteiger partial charge in [0.2, 0.25) is 5.91 Å². The topological polar surface area (TPSA) is 75.2 Å². The SMILES string of the molecule is Cc1nnsc1C(=O)N1CCC(CNC(=O)CSC2CCCC2)CC1. The second-order valence-corrected chi connectivity index (χ2v) is 8.99. The van der Waals surface area contributed by atoms with Crippen molar-refractivity contribution in [3.63, 3.8) is 0 Å². The van der Waals surface area contributed by atoms with Crippen LogP contribution in [0.3, 0.4) is 0 Å². The molecule has 1 aliphatic heterocycles. The Kier molecular flexibility index (Phi) is 6.70. The summed E-state index contributed by atoms with van der Waals surface area (Å²) < 4.78 is 3.84. The fourth-order valence-electron chi connectivity index (χ4n) is 3.47. The number of hydrogen-bond donors (Lipinski definition) is 1. The number of nitrogens with one attached hydrogen (secondary N) is 1. The molecule has 2 fully saturated rings. The van der Waals surface area contributed by atoms with Crippen LogP contribution < -0.4 is 5.32 Å². The van der Waals surface area contributed by atoms with Crippen LogP contribution in [0.1, 0.15) is 53.9 Å². The summed E-state index contributed by atoms with van der Waals surface area (Å²) in [7, 11) is 0. The molecule has 25 heavy (non-hydrogen) atoms. The monoisotopic (exact) mass is 382 g/mol. The van der Waals surface area contributed by atoms with Gasteiger partial charge in [0, 0.05) is 24.9 Å². The summed E-state index contributed by atoms with van der Waals surface area (Å²) in [5, 5.41) is 7.67. The average Bonchev–Trinajstić information content (AvgIpc) is 3.29. The fourth-order valence-corrected chi connectivity index (χ4v) is 5.25. The van der Waals surface area contributed by atoms with Gasteiger partial charge in [0.15, 0.2) is 0 Å². The molecule has 1 saturated heterocycles. The van der Waals surface area contributed by atoms with E-state index < -0.39 is 0 Å². The Morgan fingerprint density at radius 1 is 1.24 bits per heavy atom. The number of hydrogen-bond acceptors (Lipinski definition) is 6. The normalized spacial score (nSPS) is 19.3. The van der Waals surface area contributed by atoms with Crippen LogP contribution in [-0.4, -0.2) is 56.9 Å². The van der Waals surface area contributed by atoms with E-state index in [2.05, 4.69) is 14.9 Å². The molecule has 1 saturated carbocycles. The molecular formula is C17H26N4O2S2. The minimum Gasteiger partial charge on any atom is -0.355 e. The molecule has 1 aromatic rings. The number of aromatic nitrogens is 2. The van der Waals surface area contributed by atoms with Crippen molar-refractivity contribution in [1.29, 1.82) is 0 Å². The van der Waals surface area contributed by atoms with Crippen molar-refractivity contribution in [3.8, 4) is 0 Å². The zero-order chi connectivity index (χ0) is 17.6. The van der Waals surface area contributed by atoms with Crippen LogP contribution in [0, 0.1) is 12.8 Å². The Labute approximate surface area is 157 Å². The predicted octanol–water partition coefficient (Wildman–Crippen LogP) is 2.49. The number of carbonyl (C=O) groups excluding carboxylic acids is 2. The maximum Gasteiger partial charge on any atom is 0.267 e. The van der Waals surface area contributed by atoms with E-state index in [1.54, 1.807) is 0 Å². The van der Waals surface area contributed by atoms with Gasteiger partial charge >= 0.3 is 0 Å². The molecule has 0 unspecified atom stereocenters. The lowest BCUT2D eigenvalue weighted by Crippen LogP contribution is -2.41. The highest BCUT2D eigenvalue weighted by molar-refractivity contribution is 8.00. The van der Waals surface area contributed by atoms with Crippen molar-refractivity contribution in [1.82, 2.24) is 19.8 Å². The van der Waals surface area contributed by atoms with Crippen molar-refractivity contribution in [2.45, 2.75) is 50.7 Å². The number of thioether (sulfide) groups is 1. The largest absolute Gasteiger partial charge is 0.355 e. The van der Waals surface area contributed by atoms with Gasteiger partial charge in [-0.15, -0.1) is 16.9 Å². The third-order valence-corrected chi connectivity index (χ3v) is 7.28. The first-order chi connectivity index (χ1) is 12.1. The van der Waals surface area contributed by atoms with Gasteiger partial charge in [-0.05, 0) is 50.1 Å². The second-order valence-electron chi connectivity index (χ2n) is 6.94. The van der Waals surface area contributed by atoms with Crippen molar-refractivity contribution < 1.29 is 9.59 Å². The Bertz CT molecular complexity index is 593. The summed E-state index contributed by atoms with van der Waals surface area (Å²) in [6, 6.07) is 0.